The third-order valence-electron chi connectivity index (χ3n) is 5.38. The number of aromatic nitrogens is 2. The summed E-state index contributed by atoms with van der Waals surface area (Å²) in [5.74, 6) is 2.29. The maximum absolute atomic E-state index is 5.61. The molecule has 1 aromatic heterocycles. The quantitative estimate of drug-likeness (QED) is 0.725. The maximum Gasteiger partial charge on any atom is 0.229 e. The third kappa shape index (κ3) is 4.91. The van der Waals surface area contributed by atoms with Gasteiger partial charge in [0.05, 0.1) is 7.11 Å². The molecule has 1 aliphatic heterocycles. The Balaban J connectivity index is 1.75. The van der Waals surface area contributed by atoms with Gasteiger partial charge in [-0.15, -0.1) is 0 Å². The van der Waals surface area contributed by atoms with E-state index in [2.05, 4.69) is 50.4 Å². The van der Waals surface area contributed by atoms with Crippen molar-refractivity contribution in [1.82, 2.24) is 19.8 Å². The van der Waals surface area contributed by atoms with Gasteiger partial charge in [-0.05, 0) is 51.7 Å². The summed E-state index contributed by atoms with van der Waals surface area (Å²) in [6, 6.07) is 8.64. The molecule has 2 aromatic rings. The zero-order valence-corrected chi connectivity index (χ0v) is 17.6. The van der Waals surface area contributed by atoms with Gasteiger partial charge in [0.2, 0.25) is 5.95 Å². The van der Waals surface area contributed by atoms with Gasteiger partial charge in [0.1, 0.15) is 11.6 Å². The number of benzene rings is 1. The monoisotopic (exact) mass is 384 g/mol. The summed E-state index contributed by atoms with van der Waals surface area (Å²) in [5, 5.41) is 6.39. The number of hydrogen-bond donors (Lipinski definition) is 2. The molecule has 2 N–H and O–H groups in total. The fraction of sp³-hybridized carbons (Fsp3) is 0.524. The smallest absolute Gasteiger partial charge is 0.229 e. The van der Waals surface area contributed by atoms with Gasteiger partial charge >= 0.3 is 0 Å². The zero-order valence-electron chi connectivity index (χ0n) is 17.6. The van der Waals surface area contributed by atoms with E-state index >= 15 is 0 Å². The van der Waals surface area contributed by atoms with Gasteiger partial charge in [-0.2, -0.15) is 4.98 Å². The first-order valence-electron chi connectivity index (χ1n) is 9.92. The molecular weight excluding hydrogens is 352 g/mol. The van der Waals surface area contributed by atoms with Crippen molar-refractivity contribution >= 4 is 17.5 Å². The normalized spacial score (nSPS) is 17.1. The number of rotatable bonds is 8. The number of nitrogens with one attached hydrogen (secondary N) is 2. The largest absolute Gasteiger partial charge is 0.496 e. The fourth-order valence-corrected chi connectivity index (χ4v) is 3.72. The SMILES string of the molecule is CCN1CCC(N(C)Cc2cc(Nc3nc(C)cc(NC)n3)ccc2OC)C1. The second kappa shape index (κ2) is 9.21. The van der Waals surface area contributed by atoms with Gasteiger partial charge in [0, 0.05) is 49.2 Å². The van der Waals surface area contributed by atoms with E-state index in [1.54, 1.807) is 7.11 Å². The molecule has 0 spiro atoms. The lowest BCUT2D eigenvalue weighted by molar-refractivity contribution is 0.225. The Morgan fingerprint density at radius 2 is 2.11 bits per heavy atom. The van der Waals surface area contributed by atoms with E-state index in [1.807, 2.05) is 32.2 Å². The van der Waals surface area contributed by atoms with E-state index in [4.69, 9.17) is 4.74 Å². The van der Waals surface area contributed by atoms with Crippen molar-refractivity contribution in [2.24, 2.45) is 0 Å². The Hall–Kier alpha value is -2.38. The fourth-order valence-electron chi connectivity index (χ4n) is 3.72. The summed E-state index contributed by atoms with van der Waals surface area (Å²) in [4.78, 5) is 13.9. The van der Waals surface area contributed by atoms with Crippen LogP contribution in [0.5, 0.6) is 5.75 Å². The average molecular weight is 385 g/mol. The summed E-state index contributed by atoms with van der Waals surface area (Å²) in [5.41, 5.74) is 3.03. The van der Waals surface area contributed by atoms with Crippen molar-refractivity contribution in [2.45, 2.75) is 32.9 Å². The Morgan fingerprint density at radius 3 is 2.79 bits per heavy atom. The predicted octanol–water partition coefficient (Wildman–Crippen LogP) is 3.10. The Bertz CT molecular complexity index is 796. The highest BCUT2D eigenvalue weighted by Crippen LogP contribution is 2.27. The molecule has 0 radical (unpaired) electrons. The van der Waals surface area contributed by atoms with Gasteiger partial charge in [-0.25, -0.2) is 4.98 Å². The Morgan fingerprint density at radius 1 is 1.29 bits per heavy atom. The van der Waals surface area contributed by atoms with Crippen LogP contribution >= 0.6 is 0 Å². The Labute approximate surface area is 168 Å². The summed E-state index contributed by atoms with van der Waals surface area (Å²) < 4.78 is 5.61. The van der Waals surface area contributed by atoms with Crippen LogP contribution in [0.15, 0.2) is 24.3 Å². The first kappa shape index (κ1) is 20.4. The van der Waals surface area contributed by atoms with E-state index in [0.29, 0.717) is 12.0 Å². The van der Waals surface area contributed by atoms with Gasteiger partial charge in [-0.3, -0.25) is 4.90 Å². The van der Waals surface area contributed by atoms with Crippen LogP contribution in [-0.2, 0) is 6.54 Å². The van der Waals surface area contributed by atoms with Crippen LogP contribution in [0.1, 0.15) is 24.6 Å². The number of likely N-dealkylation sites (N-methyl/N-ethyl adjacent to an activating group) is 2. The minimum Gasteiger partial charge on any atom is -0.496 e. The number of ether oxygens (including phenoxy) is 1. The molecule has 1 unspecified atom stereocenters. The van der Waals surface area contributed by atoms with Crippen molar-refractivity contribution in [1.29, 1.82) is 0 Å². The van der Waals surface area contributed by atoms with Crippen molar-refractivity contribution in [3.63, 3.8) is 0 Å². The van der Waals surface area contributed by atoms with Gasteiger partial charge < -0.3 is 20.3 Å². The molecule has 1 aliphatic rings. The lowest BCUT2D eigenvalue weighted by Gasteiger charge is -2.25. The number of aryl methyl sites for hydroxylation is 1. The standard InChI is InChI=1S/C21H32N6O/c1-6-27-10-9-18(14-27)26(4)13-16-12-17(7-8-19(16)28-5)24-21-23-15(2)11-20(22-3)25-21/h7-8,11-12,18H,6,9-10,13-14H2,1-5H3,(H2,22,23,24,25). The molecule has 1 saturated heterocycles. The van der Waals surface area contributed by atoms with Crippen LogP contribution in [0.25, 0.3) is 0 Å². The van der Waals surface area contributed by atoms with E-state index in [-0.39, 0.29) is 0 Å². The van der Waals surface area contributed by atoms with Crippen LogP contribution in [0.3, 0.4) is 0 Å². The lowest BCUT2D eigenvalue weighted by Crippen LogP contribution is -2.34. The van der Waals surface area contributed by atoms with E-state index in [1.165, 1.54) is 13.0 Å². The number of likely N-dealkylation sites (tertiary alicyclic amines) is 1. The first-order chi connectivity index (χ1) is 13.5. The highest BCUT2D eigenvalue weighted by atomic mass is 16.5. The van der Waals surface area contributed by atoms with Crippen molar-refractivity contribution in [2.75, 3.05) is 51.5 Å². The first-order valence-corrected chi connectivity index (χ1v) is 9.92. The lowest BCUT2D eigenvalue weighted by atomic mass is 10.1. The van der Waals surface area contributed by atoms with Crippen molar-refractivity contribution in [3.8, 4) is 5.75 Å². The van der Waals surface area contributed by atoms with Crippen LogP contribution in [0, 0.1) is 6.92 Å². The molecule has 0 saturated carbocycles. The van der Waals surface area contributed by atoms with Crippen LogP contribution in [-0.4, -0.2) is 66.6 Å². The Kier molecular flexibility index (Phi) is 6.70. The topological polar surface area (TPSA) is 65.5 Å². The average Bonchev–Trinajstić information content (AvgIpc) is 3.17. The van der Waals surface area contributed by atoms with Crippen LogP contribution < -0.4 is 15.4 Å². The van der Waals surface area contributed by atoms with Crippen molar-refractivity contribution < 1.29 is 4.74 Å². The van der Waals surface area contributed by atoms with Gasteiger partial charge in [-0.1, -0.05) is 6.92 Å². The molecule has 1 aromatic carbocycles. The summed E-state index contributed by atoms with van der Waals surface area (Å²) >= 11 is 0. The number of methoxy groups -OCH3 is 1. The van der Waals surface area contributed by atoms with Gasteiger partial charge in [0.15, 0.2) is 0 Å². The highest BCUT2D eigenvalue weighted by molar-refractivity contribution is 5.58. The molecular formula is C21H32N6O. The second-order valence-electron chi connectivity index (χ2n) is 7.37. The molecule has 28 heavy (non-hydrogen) atoms. The summed E-state index contributed by atoms with van der Waals surface area (Å²) in [6.07, 6.45) is 1.22. The molecule has 7 nitrogen and oxygen atoms in total. The third-order valence-corrected chi connectivity index (χ3v) is 5.38. The summed E-state index contributed by atoms with van der Waals surface area (Å²) in [7, 11) is 5.78. The van der Waals surface area contributed by atoms with E-state index in [9.17, 15) is 0 Å². The van der Waals surface area contributed by atoms with E-state index in [0.717, 1.165) is 48.1 Å². The number of anilines is 3. The molecule has 2 heterocycles. The minimum absolute atomic E-state index is 0.583. The second-order valence-corrected chi connectivity index (χ2v) is 7.37. The van der Waals surface area contributed by atoms with Gasteiger partial charge in [0.25, 0.3) is 0 Å². The maximum atomic E-state index is 5.61. The minimum atomic E-state index is 0.583. The van der Waals surface area contributed by atoms with Crippen LogP contribution in [0.4, 0.5) is 17.5 Å². The van der Waals surface area contributed by atoms with E-state index < -0.39 is 0 Å². The predicted molar refractivity (Wildman–Crippen MR) is 115 cm³/mol. The molecule has 3 rings (SSSR count). The molecule has 152 valence electrons. The van der Waals surface area contributed by atoms with Crippen LogP contribution in [0.2, 0.25) is 0 Å². The molecule has 0 bridgehead atoms. The zero-order chi connectivity index (χ0) is 20.1. The molecule has 0 aliphatic carbocycles. The molecule has 1 fully saturated rings. The molecule has 1 atom stereocenters. The molecule has 0 amide bonds. The summed E-state index contributed by atoms with van der Waals surface area (Å²) in [6.45, 7) is 8.48. The highest BCUT2D eigenvalue weighted by Gasteiger charge is 2.25. The number of nitrogens with zero attached hydrogens (tertiary/aromatic N) is 4. The number of hydrogen-bond acceptors (Lipinski definition) is 7. The molecule has 7 heteroatoms. The van der Waals surface area contributed by atoms with Crippen molar-refractivity contribution in [3.05, 3.63) is 35.5 Å².